The normalized spacial score (nSPS) is 15.8. The van der Waals surface area contributed by atoms with E-state index < -0.39 is 10.0 Å². The van der Waals surface area contributed by atoms with Gasteiger partial charge in [-0.05, 0) is 43.5 Å². The summed E-state index contributed by atoms with van der Waals surface area (Å²) in [7, 11) is -1.68. The van der Waals surface area contributed by atoms with Crippen LogP contribution in [-0.2, 0) is 16.6 Å². The fraction of sp³-hybridized carbons (Fsp3) is 0.571. The summed E-state index contributed by atoms with van der Waals surface area (Å²) in [6.07, 6.45) is 2.25. The molecule has 0 atom stereocenters. The number of sulfonamides is 1. The molecule has 0 heterocycles. The fourth-order valence-electron chi connectivity index (χ4n) is 2.18. The SMILES string of the molecule is CCN(CC1CC1)S(=O)(=O)c1cc(CNC)ccc1Cl. The summed E-state index contributed by atoms with van der Waals surface area (Å²) in [6, 6.07) is 5.17. The maximum Gasteiger partial charge on any atom is 0.244 e. The second-order valence-corrected chi connectivity index (χ2v) is 7.51. The van der Waals surface area contributed by atoms with E-state index in [-0.39, 0.29) is 4.90 Å². The number of nitrogens with zero attached hydrogens (tertiary/aromatic N) is 1. The zero-order valence-corrected chi connectivity index (χ0v) is 13.5. The molecule has 112 valence electrons. The molecule has 0 amide bonds. The highest BCUT2D eigenvalue weighted by atomic mass is 35.5. The first kappa shape index (κ1) is 15.8. The Balaban J connectivity index is 2.33. The van der Waals surface area contributed by atoms with E-state index in [2.05, 4.69) is 5.32 Å². The minimum Gasteiger partial charge on any atom is -0.316 e. The van der Waals surface area contributed by atoms with Crippen molar-refractivity contribution in [3.63, 3.8) is 0 Å². The number of benzene rings is 1. The Kier molecular flexibility index (Phi) is 5.07. The van der Waals surface area contributed by atoms with Crippen LogP contribution in [0.2, 0.25) is 5.02 Å². The van der Waals surface area contributed by atoms with Crippen molar-refractivity contribution in [3.05, 3.63) is 28.8 Å². The molecule has 1 saturated carbocycles. The van der Waals surface area contributed by atoms with Crippen molar-refractivity contribution < 1.29 is 8.42 Å². The smallest absolute Gasteiger partial charge is 0.244 e. The molecular formula is C14H21ClN2O2S. The van der Waals surface area contributed by atoms with Gasteiger partial charge in [-0.15, -0.1) is 0 Å². The molecule has 1 aromatic carbocycles. The predicted octanol–water partition coefficient (Wildman–Crippen LogP) is 2.48. The molecule has 0 aromatic heterocycles. The third-order valence-corrected chi connectivity index (χ3v) is 5.93. The summed E-state index contributed by atoms with van der Waals surface area (Å²) >= 11 is 6.11. The van der Waals surface area contributed by atoms with Gasteiger partial charge in [-0.1, -0.05) is 24.6 Å². The Labute approximate surface area is 126 Å². The number of rotatable bonds is 7. The van der Waals surface area contributed by atoms with Crippen molar-refractivity contribution in [2.75, 3.05) is 20.1 Å². The molecule has 1 aliphatic rings. The molecule has 1 aliphatic carbocycles. The van der Waals surface area contributed by atoms with Crippen LogP contribution in [0.25, 0.3) is 0 Å². The Bertz CT molecular complexity index is 571. The Morgan fingerprint density at radius 2 is 2.10 bits per heavy atom. The number of nitrogens with one attached hydrogen (secondary N) is 1. The summed E-state index contributed by atoms with van der Waals surface area (Å²) in [4.78, 5) is 0.217. The Hall–Kier alpha value is -0.620. The van der Waals surface area contributed by atoms with Gasteiger partial charge in [0.25, 0.3) is 0 Å². The Morgan fingerprint density at radius 3 is 2.65 bits per heavy atom. The average Bonchev–Trinajstić information content (AvgIpc) is 3.22. The van der Waals surface area contributed by atoms with E-state index in [0.717, 1.165) is 18.4 Å². The molecule has 0 spiro atoms. The first-order valence-corrected chi connectivity index (χ1v) is 8.74. The van der Waals surface area contributed by atoms with Gasteiger partial charge in [0.05, 0.1) is 5.02 Å². The molecule has 0 unspecified atom stereocenters. The monoisotopic (exact) mass is 316 g/mol. The van der Waals surface area contributed by atoms with Crippen molar-refractivity contribution in [2.45, 2.75) is 31.2 Å². The van der Waals surface area contributed by atoms with Gasteiger partial charge < -0.3 is 5.32 Å². The third kappa shape index (κ3) is 3.52. The highest BCUT2D eigenvalue weighted by Gasteiger charge is 2.31. The molecule has 0 aliphatic heterocycles. The summed E-state index contributed by atoms with van der Waals surface area (Å²) in [5.74, 6) is 0.518. The number of halogens is 1. The first-order valence-electron chi connectivity index (χ1n) is 6.92. The van der Waals surface area contributed by atoms with Crippen LogP contribution in [0.5, 0.6) is 0 Å². The lowest BCUT2D eigenvalue weighted by Gasteiger charge is -2.21. The van der Waals surface area contributed by atoms with E-state index in [9.17, 15) is 8.42 Å². The van der Waals surface area contributed by atoms with Crippen LogP contribution in [0.1, 0.15) is 25.3 Å². The first-order chi connectivity index (χ1) is 9.48. The minimum absolute atomic E-state index is 0.217. The minimum atomic E-state index is -3.50. The van der Waals surface area contributed by atoms with Crippen LogP contribution >= 0.6 is 11.6 Å². The maximum atomic E-state index is 12.7. The molecule has 1 N–H and O–H groups in total. The van der Waals surface area contributed by atoms with Crippen LogP contribution in [0.3, 0.4) is 0 Å². The van der Waals surface area contributed by atoms with Crippen LogP contribution in [0.15, 0.2) is 23.1 Å². The second-order valence-electron chi connectivity index (χ2n) is 5.19. The van der Waals surface area contributed by atoms with Crippen LogP contribution in [-0.4, -0.2) is 32.9 Å². The van der Waals surface area contributed by atoms with Gasteiger partial charge >= 0.3 is 0 Å². The van der Waals surface area contributed by atoms with Crippen LogP contribution in [0, 0.1) is 5.92 Å². The lowest BCUT2D eigenvalue weighted by atomic mass is 10.2. The quantitative estimate of drug-likeness (QED) is 0.840. The summed E-state index contributed by atoms with van der Waals surface area (Å²) < 4.78 is 27.0. The van der Waals surface area contributed by atoms with Gasteiger partial charge in [0.2, 0.25) is 10.0 Å². The summed E-state index contributed by atoms with van der Waals surface area (Å²) in [5, 5.41) is 3.31. The molecular weight excluding hydrogens is 296 g/mol. The van der Waals surface area contributed by atoms with E-state index in [4.69, 9.17) is 11.6 Å². The van der Waals surface area contributed by atoms with E-state index in [1.165, 1.54) is 4.31 Å². The zero-order valence-electron chi connectivity index (χ0n) is 11.9. The molecule has 0 bridgehead atoms. The lowest BCUT2D eigenvalue weighted by Crippen LogP contribution is -2.33. The van der Waals surface area contributed by atoms with Gasteiger partial charge in [-0.3, -0.25) is 0 Å². The van der Waals surface area contributed by atoms with Crippen LogP contribution < -0.4 is 5.32 Å². The van der Waals surface area contributed by atoms with Crippen molar-refractivity contribution in [1.82, 2.24) is 9.62 Å². The van der Waals surface area contributed by atoms with Crippen LogP contribution in [0.4, 0.5) is 0 Å². The van der Waals surface area contributed by atoms with Gasteiger partial charge in [0, 0.05) is 19.6 Å². The van der Waals surface area contributed by atoms with E-state index in [0.29, 0.717) is 30.6 Å². The lowest BCUT2D eigenvalue weighted by molar-refractivity contribution is 0.412. The van der Waals surface area contributed by atoms with Crippen molar-refractivity contribution in [1.29, 1.82) is 0 Å². The predicted molar refractivity (Wildman–Crippen MR) is 81.4 cm³/mol. The van der Waals surface area contributed by atoms with E-state index in [1.54, 1.807) is 12.1 Å². The average molecular weight is 317 g/mol. The van der Waals surface area contributed by atoms with Gasteiger partial charge in [-0.25, -0.2) is 8.42 Å². The third-order valence-electron chi connectivity index (χ3n) is 3.51. The second kappa shape index (κ2) is 6.43. The van der Waals surface area contributed by atoms with Crippen molar-refractivity contribution in [2.24, 2.45) is 5.92 Å². The largest absolute Gasteiger partial charge is 0.316 e. The van der Waals surface area contributed by atoms with E-state index in [1.807, 2.05) is 20.0 Å². The van der Waals surface area contributed by atoms with Crippen molar-refractivity contribution >= 4 is 21.6 Å². The van der Waals surface area contributed by atoms with Gasteiger partial charge in [0.15, 0.2) is 0 Å². The Morgan fingerprint density at radius 1 is 1.40 bits per heavy atom. The zero-order chi connectivity index (χ0) is 14.8. The van der Waals surface area contributed by atoms with Gasteiger partial charge in [0.1, 0.15) is 4.90 Å². The summed E-state index contributed by atoms with van der Waals surface area (Å²) in [6.45, 7) is 3.57. The number of hydrogen-bond acceptors (Lipinski definition) is 3. The molecule has 2 rings (SSSR count). The van der Waals surface area contributed by atoms with Crippen molar-refractivity contribution in [3.8, 4) is 0 Å². The highest BCUT2D eigenvalue weighted by Crippen LogP contribution is 2.33. The highest BCUT2D eigenvalue weighted by molar-refractivity contribution is 7.89. The van der Waals surface area contributed by atoms with E-state index >= 15 is 0 Å². The standard InChI is InChI=1S/C14H21ClN2O2S/c1-3-17(10-11-4-5-11)20(18,19)14-8-12(9-16-2)6-7-13(14)15/h6-8,11,16H,3-5,9-10H2,1-2H3. The topological polar surface area (TPSA) is 49.4 Å². The molecule has 0 radical (unpaired) electrons. The molecule has 1 fully saturated rings. The molecule has 1 aromatic rings. The number of hydrogen-bond donors (Lipinski definition) is 1. The molecule has 20 heavy (non-hydrogen) atoms. The molecule has 6 heteroatoms. The van der Waals surface area contributed by atoms with Gasteiger partial charge in [-0.2, -0.15) is 4.31 Å². The molecule has 4 nitrogen and oxygen atoms in total. The maximum absolute atomic E-state index is 12.7. The molecule has 0 saturated heterocycles. The fourth-order valence-corrected chi connectivity index (χ4v) is 4.23. The summed E-state index contributed by atoms with van der Waals surface area (Å²) in [5.41, 5.74) is 0.915.